The number of ether oxygens (including phenoxy) is 1. The molecular formula is C14H20ClN3O3. The first-order valence-corrected chi connectivity index (χ1v) is 6.61. The highest BCUT2D eigenvalue weighted by Gasteiger charge is 2.27. The fraction of sp³-hybridized carbons (Fsp3) is 0.429. The Balaban J connectivity index is 0.00000220. The molecular weight excluding hydrogens is 294 g/mol. The lowest BCUT2D eigenvalue weighted by molar-refractivity contribution is -0.122. The molecule has 0 saturated carbocycles. The molecule has 0 bridgehead atoms. The average Bonchev–Trinajstić information content (AvgIpc) is 2.45. The molecule has 2 unspecified atom stereocenters. The first-order valence-electron chi connectivity index (χ1n) is 6.61. The van der Waals surface area contributed by atoms with Crippen molar-refractivity contribution in [3.8, 4) is 5.75 Å². The Morgan fingerprint density at radius 3 is 2.90 bits per heavy atom. The van der Waals surface area contributed by atoms with Gasteiger partial charge in [-0.05, 0) is 31.5 Å². The van der Waals surface area contributed by atoms with E-state index in [0.717, 1.165) is 0 Å². The Labute approximate surface area is 129 Å². The largest absolute Gasteiger partial charge is 0.478 e. The molecule has 0 aliphatic carbocycles. The number of hydrogen-bond donors (Lipinski definition) is 3. The number of para-hydroxylation sites is 1. The Morgan fingerprint density at radius 1 is 1.52 bits per heavy atom. The van der Waals surface area contributed by atoms with E-state index in [1.165, 1.54) is 0 Å². The summed E-state index contributed by atoms with van der Waals surface area (Å²) in [5.74, 6) is 0.174. The number of hydrogen-bond acceptors (Lipinski definition) is 4. The van der Waals surface area contributed by atoms with E-state index in [4.69, 9.17) is 10.5 Å². The minimum atomic E-state index is -0.612. The SMILES string of the molecule is CC(CN)CNC(=O)c1cccc2c1OC(C)C(=O)N2.Cl. The molecule has 0 radical (unpaired) electrons. The maximum Gasteiger partial charge on any atom is 0.265 e. The molecule has 1 aromatic rings. The summed E-state index contributed by atoms with van der Waals surface area (Å²) in [5, 5.41) is 5.53. The summed E-state index contributed by atoms with van der Waals surface area (Å²) in [6, 6.07) is 5.09. The summed E-state index contributed by atoms with van der Waals surface area (Å²) in [6.07, 6.45) is -0.612. The molecule has 2 rings (SSSR count). The van der Waals surface area contributed by atoms with Crippen molar-refractivity contribution in [2.45, 2.75) is 20.0 Å². The van der Waals surface area contributed by atoms with Crippen LogP contribution in [-0.4, -0.2) is 31.0 Å². The number of nitrogens with two attached hydrogens (primary N) is 1. The fourth-order valence-electron chi connectivity index (χ4n) is 1.85. The van der Waals surface area contributed by atoms with Crippen molar-refractivity contribution >= 4 is 29.9 Å². The number of fused-ring (bicyclic) bond motifs is 1. The van der Waals surface area contributed by atoms with Gasteiger partial charge in [0.1, 0.15) is 0 Å². The van der Waals surface area contributed by atoms with Crippen LogP contribution in [0.4, 0.5) is 5.69 Å². The van der Waals surface area contributed by atoms with Crippen molar-refractivity contribution in [2.24, 2.45) is 11.7 Å². The third-order valence-electron chi connectivity index (χ3n) is 3.19. The van der Waals surface area contributed by atoms with E-state index in [2.05, 4.69) is 10.6 Å². The second-order valence-electron chi connectivity index (χ2n) is 4.98. The molecule has 1 aliphatic rings. The quantitative estimate of drug-likeness (QED) is 0.777. The summed E-state index contributed by atoms with van der Waals surface area (Å²) in [7, 11) is 0. The van der Waals surface area contributed by atoms with E-state index in [-0.39, 0.29) is 30.1 Å². The van der Waals surface area contributed by atoms with Crippen LogP contribution in [0.5, 0.6) is 5.75 Å². The number of rotatable bonds is 4. The van der Waals surface area contributed by atoms with E-state index in [9.17, 15) is 9.59 Å². The van der Waals surface area contributed by atoms with Crippen LogP contribution in [0.3, 0.4) is 0 Å². The van der Waals surface area contributed by atoms with Crippen molar-refractivity contribution in [1.29, 1.82) is 0 Å². The Hall–Kier alpha value is -1.79. The predicted octanol–water partition coefficient (Wildman–Crippen LogP) is 1.15. The van der Waals surface area contributed by atoms with Crippen molar-refractivity contribution in [1.82, 2.24) is 5.32 Å². The molecule has 6 nitrogen and oxygen atoms in total. The van der Waals surface area contributed by atoms with E-state index in [0.29, 0.717) is 30.1 Å². The van der Waals surface area contributed by atoms with Gasteiger partial charge in [-0.15, -0.1) is 12.4 Å². The number of anilines is 1. The van der Waals surface area contributed by atoms with Crippen molar-refractivity contribution < 1.29 is 14.3 Å². The monoisotopic (exact) mass is 313 g/mol. The molecule has 1 heterocycles. The smallest absolute Gasteiger partial charge is 0.265 e. The fourth-order valence-corrected chi connectivity index (χ4v) is 1.85. The van der Waals surface area contributed by atoms with E-state index < -0.39 is 6.10 Å². The van der Waals surface area contributed by atoms with Gasteiger partial charge in [-0.25, -0.2) is 0 Å². The van der Waals surface area contributed by atoms with Crippen molar-refractivity contribution in [2.75, 3.05) is 18.4 Å². The average molecular weight is 314 g/mol. The van der Waals surface area contributed by atoms with E-state index >= 15 is 0 Å². The summed E-state index contributed by atoms with van der Waals surface area (Å²) in [5.41, 5.74) is 6.45. The third kappa shape index (κ3) is 3.86. The number of halogens is 1. The normalized spacial score (nSPS) is 17.7. The summed E-state index contributed by atoms with van der Waals surface area (Å²) < 4.78 is 5.53. The van der Waals surface area contributed by atoms with Crippen LogP contribution in [-0.2, 0) is 4.79 Å². The molecule has 116 valence electrons. The van der Waals surface area contributed by atoms with Crippen LogP contribution in [0.2, 0.25) is 0 Å². The summed E-state index contributed by atoms with van der Waals surface area (Å²) in [6.45, 7) is 4.61. The highest BCUT2D eigenvalue weighted by atomic mass is 35.5. The lowest BCUT2D eigenvalue weighted by Gasteiger charge is -2.25. The molecule has 1 aliphatic heterocycles. The predicted molar refractivity (Wildman–Crippen MR) is 83.0 cm³/mol. The van der Waals surface area contributed by atoms with Gasteiger partial charge in [0.25, 0.3) is 11.8 Å². The van der Waals surface area contributed by atoms with Gasteiger partial charge in [-0.2, -0.15) is 0 Å². The minimum Gasteiger partial charge on any atom is -0.478 e. The second kappa shape index (κ2) is 7.28. The van der Waals surface area contributed by atoms with Crippen LogP contribution in [0, 0.1) is 5.92 Å². The molecule has 21 heavy (non-hydrogen) atoms. The molecule has 4 N–H and O–H groups in total. The zero-order chi connectivity index (χ0) is 14.7. The van der Waals surface area contributed by atoms with Gasteiger partial charge in [0.15, 0.2) is 11.9 Å². The van der Waals surface area contributed by atoms with E-state index in [1.54, 1.807) is 25.1 Å². The van der Waals surface area contributed by atoms with Crippen molar-refractivity contribution in [3.63, 3.8) is 0 Å². The van der Waals surface area contributed by atoms with Gasteiger partial charge >= 0.3 is 0 Å². The number of carbonyl (C=O) groups excluding carboxylic acids is 2. The zero-order valence-electron chi connectivity index (χ0n) is 12.0. The van der Waals surface area contributed by atoms with Crippen LogP contribution >= 0.6 is 12.4 Å². The minimum absolute atomic E-state index is 0. The highest BCUT2D eigenvalue weighted by molar-refractivity contribution is 6.03. The number of carbonyl (C=O) groups is 2. The molecule has 7 heteroatoms. The summed E-state index contributed by atoms with van der Waals surface area (Å²) in [4.78, 5) is 23.7. The lowest BCUT2D eigenvalue weighted by Crippen LogP contribution is -2.36. The third-order valence-corrected chi connectivity index (χ3v) is 3.19. The zero-order valence-corrected chi connectivity index (χ0v) is 12.8. The topological polar surface area (TPSA) is 93.4 Å². The number of benzene rings is 1. The molecule has 0 spiro atoms. The van der Waals surface area contributed by atoms with Gasteiger partial charge < -0.3 is 21.1 Å². The van der Waals surface area contributed by atoms with Crippen LogP contribution in [0.15, 0.2) is 18.2 Å². The first-order chi connectivity index (χ1) is 9.52. The molecule has 0 aromatic heterocycles. The second-order valence-corrected chi connectivity index (χ2v) is 4.98. The van der Waals surface area contributed by atoms with Crippen LogP contribution < -0.4 is 21.1 Å². The van der Waals surface area contributed by atoms with E-state index in [1.807, 2.05) is 6.92 Å². The highest BCUT2D eigenvalue weighted by Crippen LogP contribution is 2.33. The van der Waals surface area contributed by atoms with Gasteiger partial charge in [0, 0.05) is 6.54 Å². The van der Waals surface area contributed by atoms with Crippen molar-refractivity contribution in [3.05, 3.63) is 23.8 Å². The van der Waals surface area contributed by atoms with Gasteiger partial charge in [0.2, 0.25) is 0 Å². The van der Waals surface area contributed by atoms with Gasteiger partial charge in [-0.1, -0.05) is 13.0 Å². The molecule has 2 amide bonds. The molecule has 1 aromatic carbocycles. The van der Waals surface area contributed by atoms with Crippen LogP contribution in [0.1, 0.15) is 24.2 Å². The Kier molecular flexibility index (Phi) is 5.99. The number of amides is 2. The molecule has 0 saturated heterocycles. The summed E-state index contributed by atoms with van der Waals surface area (Å²) >= 11 is 0. The maximum atomic E-state index is 12.2. The Morgan fingerprint density at radius 2 is 2.24 bits per heavy atom. The molecule has 2 atom stereocenters. The Bertz CT molecular complexity index is 536. The standard InChI is InChI=1S/C14H19N3O3.ClH/c1-8(6-15)7-16-14(19)10-4-3-5-11-12(10)20-9(2)13(18)17-11;/h3-5,8-9H,6-7,15H2,1-2H3,(H,16,19)(H,17,18);1H. The maximum absolute atomic E-state index is 12.2. The van der Waals surface area contributed by atoms with Gasteiger partial charge in [0.05, 0.1) is 11.3 Å². The van der Waals surface area contributed by atoms with Crippen LogP contribution in [0.25, 0.3) is 0 Å². The van der Waals surface area contributed by atoms with Gasteiger partial charge in [-0.3, -0.25) is 9.59 Å². The lowest BCUT2D eigenvalue weighted by atomic mass is 10.1. The first kappa shape index (κ1) is 17.3. The molecule has 0 fully saturated rings. The number of nitrogens with one attached hydrogen (secondary N) is 2.